The molecule has 0 N–H and O–H groups in total. The van der Waals surface area contributed by atoms with Gasteiger partial charge in [0.2, 0.25) is 0 Å². The molecule has 0 aliphatic rings. The van der Waals surface area contributed by atoms with Gasteiger partial charge >= 0.3 is 0 Å². The molecule has 0 aliphatic heterocycles. The predicted octanol–water partition coefficient (Wildman–Crippen LogP) is 1.94. The minimum absolute atomic E-state index is 0.301. The summed E-state index contributed by atoms with van der Waals surface area (Å²) in [5, 5.41) is 0. The van der Waals surface area contributed by atoms with Crippen LogP contribution in [0, 0.1) is 5.92 Å². The average molecular weight is 171 g/mol. The number of carbonyl (C=O) groups excluding carboxylic acids is 1. The molecule has 72 valence electrons. The molecule has 0 saturated carbocycles. The molecule has 0 spiro atoms. The first-order valence-electron chi connectivity index (χ1n) is 4.80. The van der Waals surface area contributed by atoms with E-state index in [0.29, 0.717) is 5.92 Å². The highest BCUT2D eigenvalue weighted by Gasteiger charge is 2.05. The Labute approximate surface area is 75.9 Å². The molecule has 0 bridgehead atoms. The Morgan fingerprint density at radius 2 is 2.00 bits per heavy atom. The molecule has 0 fully saturated rings. The summed E-state index contributed by atoms with van der Waals surface area (Å²) in [7, 11) is 4.13. The van der Waals surface area contributed by atoms with Crippen molar-refractivity contribution in [3.8, 4) is 0 Å². The van der Waals surface area contributed by atoms with Gasteiger partial charge in [0.05, 0.1) is 0 Å². The second kappa shape index (κ2) is 7.29. The van der Waals surface area contributed by atoms with E-state index in [4.69, 9.17) is 0 Å². The number of nitrogens with zero attached hydrogens (tertiary/aromatic N) is 1. The Balaban J connectivity index is 3.37. The van der Waals surface area contributed by atoms with Crippen LogP contribution in [0.3, 0.4) is 0 Å². The van der Waals surface area contributed by atoms with Crippen LogP contribution in [-0.2, 0) is 4.79 Å². The van der Waals surface area contributed by atoms with Crippen molar-refractivity contribution in [3.05, 3.63) is 0 Å². The first-order valence-corrected chi connectivity index (χ1v) is 4.80. The Kier molecular flexibility index (Phi) is 7.06. The van der Waals surface area contributed by atoms with Crippen LogP contribution >= 0.6 is 0 Å². The third kappa shape index (κ3) is 6.35. The predicted molar refractivity (Wildman–Crippen MR) is 52.3 cm³/mol. The number of aldehydes is 1. The average Bonchev–Trinajstić information content (AvgIpc) is 2.02. The largest absolute Gasteiger partial charge is 0.309 e. The lowest BCUT2D eigenvalue weighted by molar-refractivity contribution is -0.111. The van der Waals surface area contributed by atoms with E-state index in [9.17, 15) is 4.79 Å². The van der Waals surface area contributed by atoms with Gasteiger partial charge in [0.25, 0.3) is 0 Å². The van der Waals surface area contributed by atoms with E-state index in [2.05, 4.69) is 25.9 Å². The first kappa shape index (κ1) is 11.6. The van der Waals surface area contributed by atoms with Crippen molar-refractivity contribution in [2.45, 2.75) is 32.6 Å². The molecule has 0 saturated heterocycles. The summed E-state index contributed by atoms with van der Waals surface area (Å²) in [6.07, 6.45) is 5.47. The van der Waals surface area contributed by atoms with Crippen molar-refractivity contribution >= 4 is 6.29 Å². The number of rotatable bonds is 7. The van der Waals surface area contributed by atoms with E-state index in [1.54, 1.807) is 0 Å². The highest BCUT2D eigenvalue weighted by Crippen LogP contribution is 2.10. The van der Waals surface area contributed by atoms with Gasteiger partial charge in [-0.25, -0.2) is 0 Å². The summed E-state index contributed by atoms with van der Waals surface area (Å²) >= 11 is 0. The standard InChI is InChI=1S/C10H21NO/c1-4-6-10(9-12)7-5-8-11(2)3/h9-10H,4-8H2,1-3H3. The molecule has 1 atom stereocenters. The summed E-state index contributed by atoms with van der Waals surface area (Å²) in [4.78, 5) is 12.7. The molecule has 0 rings (SSSR count). The van der Waals surface area contributed by atoms with Crippen LogP contribution < -0.4 is 0 Å². The topological polar surface area (TPSA) is 20.3 Å². The summed E-state index contributed by atoms with van der Waals surface area (Å²) < 4.78 is 0. The van der Waals surface area contributed by atoms with Gasteiger partial charge in [-0.15, -0.1) is 0 Å². The van der Waals surface area contributed by atoms with E-state index < -0.39 is 0 Å². The Bertz CT molecular complexity index is 112. The van der Waals surface area contributed by atoms with Gasteiger partial charge in [-0.05, 0) is 39.9 Å². The molecule has 0 aliphatic carbocycles. The van der Waals surface area contributed by atoms with E-state index in [1.807, 2.05) is 0 Å². The van der Waals surface area contributed by atoms with Crippen molar-refractivity contribution in [3.63, 3.8) is 0 Å². The smallest absolute Gasteiger partial charge is 0.123 e. The molecule has 0 amide bonds. The molecule has 0 aromatic heterocycles. The van der Waals surface area contributed by atoms with Crippen LogP contribution in [0.4, 0.5) is 0 Å². The van der Waals surface area contributed by atoms with Crippen molar-refractivity contribution < 1.29 is 4.79 Å². The summed E-state index contributed by atoms with van der Waals surface area (Å²) in [6.45, 7) is 3.22. The normalized spacial score (nSPS) is 13.3. The summed E-state index contributed by atoms with van der Waals surface area (Å²) in [6, 6.07) is 0. The van der Waals surface area contributed by atoms with Crippen LogP contribution in [0.2, 0.25) is 0 Å². The molecular formula is C10H21NO. The second-order valence-corrected chi connectivity index (χ2v) is 3.63. The van der Waals surface area contributed by atoms with Crippen molar-refractivity contribution in [2.75, 3.05) is 20.6 Å². The highest BCUT2D eigenvalue weighted by molar-refractivity contribution is 5.53. The number of carbonyl (C=O) groups is 1. The van der Waals surface area contributed by atoms with Crippen LogP contribution in [0.1, 0.15) is 32.6 Å². The zero-order valence-electron chi connectivity index (χ0n) is 8.55. The number of hydrogen-bond donors (Lipinski definition) is 0. The summed E-state index contributed by atoms with van der Waals surface area (Å²) in [5.74, 6) is 0.301. The van der Waals surface area contributed by atoms with Crippen molar-refractivity contribution in [1.29, 1.82) is 0 Å². The summed E-state index contributed by atoms with van der Waals surface area (Å²) in [5.41, 5.74) is 0. The van der Waals surface area contributed by atoms with E-state index in [1.165, 1.54) is 0 Å². The SMILES string of the molecule is CCCC(C=O)CCCN(C)C. The van der Waals surface area contributed by atoms with E-state index >= 15 is 0 Å². The Morgan fingerprint density at radius 3 is 2.42 bits per heavy atom. The number of hydrogen-bond acceptors (Lipinski definition) is 2. The third-order valence-corrected chi connectivity index (χ3v) is 2.03. The minimum atomic E-state index is 0.301. The fourth-order valence-corrected chi connectivity index (χ4v) is 1.32. The van der Waals surface area contributed by atoms with Crippen LogP contribution in [0.5, 0.6) is 0 Å². The molecular weight excluding hydrogens is 150 g/mol. The maximum Gasteiger partial charge on any atom is 0.123 e. The van der Waals surface area contributed by atoms with Crippen LogP contribution in [0.25, 0.3) is 0 Å². The lowest BCUT2D eigenvalue weighted by Gasteiger charge is -2.11. The quantitative estimate of drug-likeness (QED) is 0.546. The molecule has 2 nitrogen and oxygen atoms in total. The molecule has 1 unspecified atom stereocenters. The third-order valence-electron chi connectivity index (χ3n) is 2.03. The van der Waals surface area contributed by atoms with E-state index in [0.717, 1.165) is 38.5 Å². The maximum atomic E-state index is 10.6. The molecule has 12 heavy (non-hydrogen) atoms. The maximum absolute atomic E-state index is 10.6. The first-order chi connectivity index (χ1) is 5.70. The lowest BCUT2D eigenvalue weighted by Crippen LogP contribution is -2.14. The minimum Gasteiger partial charge on any atom is -0.309 e. The van der Waals surface area contributed by atoms with Gasteiger partial charge in [0.1, 0.15) is 6.29 Å². The fourth-order valence-electron chi connectivity index (χ4n) is 1.32. The van der Waals surface area contributed by atoms with Gasteiger partial charge in [0.15, 0.2) is 0 Å². The monoisotopic (exact) mass is 171 g/mol. The highest BCUT2D eigenvalue weighted by atomic mass is 16.1. The van der Waals surface area contributed by atoms with Gasteiger partial charge < -0.3 is 9.69 Å². The zero-order chi connectivity index (χ0) is 9.40. The molecule has 2 heteroatoms. The van der Waals surface area contributed by atoms with E-state index in [-0.39, 0.29) is 0 Å². The van der Waals surface area contributed by atoms with Gasteiger partial charge in [-0.2, -0.15) is 0 Å². The lowest BCUT2D eigenvalue weighted by atomic mass is 10.00. The van der Waals surface area contributed by atoms with Crippen molar-refractivity contribution in [2.24, 2.45) is 5.92 Å². The van der Waals surface area contributed by atoms with Gasteiger partial charge in [-0.3, -0.25) is 0 Å². The molecule has 0 radical (unpaired) electrons. The molecule has 0 aromatic carbocycles. The molecule has 0 aromatic rings. The fraction of sp³-hybridized carbons (Fsp3) is 0.900. The molecule has 0 heterocycles. The van der Waals surface area contributed by atoms with Crippen molar-refractivity contribution in [1.82, 2.24) is 4.90 Å². The van der Waals surface area contributed by atoms with Crippen LogP contribution in [0.15, 0.2) is 0 Å². The zero-order valence-corrected chi connectivity index (χ0v) is 8.55. The van der Waals surface area contributed by atoms with Crippen LogP contribution in [-0.4, -0.2) is 31.8 Å². The second-order valence-electron chi connectivity index (χ2n) is 3.63. The van der Waals surface area contributed by atoms with Gasteiger partial charge in [-0.1, -0.05) is 13.3 Å². The Hall–Kier alpha value is -0.370. The van der Waals surface area contributed by atoms with Gasteiger partial charge in [0, 0.05) is 5.92 Å². The Morgan fingerprint density at radius 1 is 1.33 bits per heavy atom.